The Hall–Kier alpha value is -0.120. The van der Waals surface area contributed by atoms with Gasteiger partial charge in [0.25, 0.3) is 0 Å². The third kappa shape index (κ3) is 2.42. The molecule has 0 aromatic heterocycles. The molecule has 3 heteroatoms. The molecular weight excluding hydrogens is 162 g/mol. The lowest BCUT2D eigenvalue weighted by molar-refractivity contribution is 0.0743. The highest BCUT2D eigenvalue weighted by molar-refractivity contribution is 4.95. The fraction of sp³-hybridized carbons (Fsp3) is 1.00. The molecular formula is C10H21N3. The van der Waals surface area contributed by atoms with Crippen LogP contribution in [0.2, 0.25) is 0 Å². The number of nitrogens with two attached hydrogens (primary N) is 1. The van der Waals surface area contributed by atoms with Gasteiger partial charge in [0.2, 0.25) is 0 Å². The van der Waals surface area contributed by atoms with E-state index < -0.39 is 0 Å². The Bertz CT molecular complexity index is 165. The van der Waals surface area contributed by atoms with E-state index in [1.165, 1.54) is 39.0 Å². The van der Waals surface area contributed by atoms with Crippen molar-refractivity contribution in [3.8, 4) is 0 Å². The molecule has 2 heterocycles. The van der Waals surface area contributed by atoms with E-state index in [9.17, 15) is 0 Å². The molecule has 0 aliphatic carbocycles. The van der Waals surface area contributed by atoms with E-state index in [1.54, 1.807) is 0 Å². The minimum atomic E-state index is 0.102. The van der Waals surface area contributed by atoms with Crippen LogP contribution in [0.1, 0.15) is 19.8 Å². The fourth-order valence-electron chi connectivity index (χ4n) is 2.42. The van der Waals surface area contributed by atoms with Crippen LogP contribution in [0.15, 0.2) is 0 Å². The molecule has 2 aliphatic rings. The van der Waals surface area contributed by atoms with E-state index >= 15 is 0 Å². The van der Waals surface area contributed by atoms with E-state index in [-0.39, 0.29) is 5.54 Å². The van der Waals surface area contributed by atoms with Crippen LogP contribution in [0, 0.1) is 0 Å². The summed E-state index contributed by atoms with van der Waals surface area (Å²) >= 11 is 0. The lowest BCUT2D eigenvalue weighted by Crippen LogP contribution is -2.66. The first-order valence-corrected chi connectivity index (χ1v) is 5.39. The Morgan fingerprint density at radius 2 is 1.62 bits per heavy atom. The topological polar surface area (TPSA) is 32.5 Å². The standard InChI is InChI=1S/C10H21N3/c1-10(11)8-13(9-10)7-6-12-4-2-3-5-12/h2-9,11H2,1H3. The molecule has 2 saturated heterocycles. The quantitative estimate of drug-likeness (QED) is 0.674. The van der Waals surface area contributed by atoms with Crippen LogP contribution in [0.25, 0.3) is 0 Å². The van der Waals surface area contributed by atoms with Gasteiger partial charge in [-0.1, -0.05) is 0 Å². The van der Waals surface area contributed by atoms with Crippen LogP contribution in [-0.2, 0) is 0 Å². The zero-order valence-corrected chi connectivity index (χ0v) is 8.63. The maximum atomic E-state index is 5.94. The summed E-state index contributed by atoms with van der Waals surface area (Å²) in [6.45, 7) is 9.39. The minimum Gasteiger partial charge on any atom is -0.323 e. The van der Waals surface area contributed by atoms with Gasteiger partial charge < -0.3 is 10.6 Å². The SMILES string of the molecule is CC1(N)CN(CCN2CCCC2)C1. The molecule has 0 amide bonds. The summed E-state index contributed by atoms with van der Waals surface area (Å²) in [5.41, 5.74) is 6.04. The Balaban J connectivity index is 1.59. The van der Waals surface area contributed by atoms with Crippen molar-refractivity contribution in [1.82, 2.24) is 9.80 Å². The second-order valence-electron chi connectivity index (χ2n) is 4.91. The van der Waals surface area contributed by atoms with E-state index in [4.69, 9.17) is 5.73 Å². The lowest BCUT2D eigenvalue weighted by atomic mass is 9.94. The number of nitrogens with zero attached hydrogens (tertiary/aromatic N) is 2. The Morgan fingerprint density at radius 1 is 1.08 bits per heavy atom. The van der Waals surface area contributed by atoms with Gasteiger partial charge in [-0.05, 0) is 32.9 Å². The maximum Gasteiger partial charge on any atom is 0.0383 e. The molecule has 2 rings (SSSR count). The molecule has 0 spiro atoms. The molecule has 0 aromatic rings. The zero-order chi connectivity index (χ0) is 9.31. The molecule has 0 aromatic carbocycles. The maximum absolute atomic E-state index is 5.94. The Morgan fingerprint density at radius 3 is 2.15 bits per heavy atom. The highest BCUT2D eigenvalue weighted by Crippen LogP contribution is 2.16. The zero-order valence-electron chi connectivity index (χ0n) is 8.63. The first kappa shape index (κ1) is 9.44. The second kappa shape index (κ2) is 3.56. The van der Waals surface area contributed by atoms with Crippen molar-refractivity contribution < 1.29 is 0 Å². The van der Waals surface area contributed by atoms with Crippen LogP contribution in [-0.4, -0.2) is 54.6 Å². The van der Waals surface area contributed by atoms with Gasteiger partial charge >= 0.3 is 0 Å². The highest BCUT2D eigenvalue weighted by Gasteiger charge is 2.34. The summed E-state index contributed by atoms with van der Waals surface area (Å²) in [6.07, 6.45) is 2.79. The van der Waals surface area contributed by atoms with Crippen molar-refractivity contribution in [2.75, 3.05) is 39.3 Å². The normalized spacial score (nSPS) is 29.1. The van der Waals surface area contributed by atoms with Crippen molar-refractivity contribution in [3.63, 3.8) is 0 Å². The summed E-state index contributed by atoms with van der Waals surface area (Å²) < 4.78 is 0. The summed E-state index contributed by atoms with van der Waals surface area (Å²) in [6, 6.07) is 0. The second-order valence-corrected chi connectivity index (χ2v) is 4.91. The first-order valence-electron chi connectivity index (χ1n) is 5.39. The van der Waals surface area contributed by atoms with Gasteiger partial charge in [0, 0.05) is 31.7 Å². The molecule has 76 valence electrons. The summed E-state index contributed by atoms with van der Waals surface area (Å²) in [5, 5.41) is 0. The molecule has 0 atom stereocenters. The number of hydrogen-bond acceptors (Lipinski definition) is 3. The third-order valence-electron chi connectivity index (χ3n) is 3.10. The van der Waals surface area contributed by atoms with E-state index in [1.807, 2.05) is 0 Å². The predicted molar refractivity (Wildman–Crippen MR) is 54.7 cm³/mol. The van der Waals surface area contributed by atoms with E-state index in [0.717, 1.165) is 13.1 Å². The van der Waals surface area contributed by atoms with Gasteiger partial charge in [-0.3, -0.25) is 4.90 Å². The van der Waals surface area contributed by atoms with Crippen molar-refractivity contribution in [3.05, 3.63) is 0 Å². The molecule has 0 saturated carbocycles. The number of likely N-dealkylation sites (tertiary alicyclic amines) is 2. The van der Waals surface area contributed by atoms with Gasteiger partial charge in [0.05, 0.1) is 0 Å². The number of rotatable bonds is 3. The lowest BCUT2D eigenvalue weighted by Gasteiger charge is -2.46. The summed E-state index contributed by atoms with van der Waals surface area (Å²) in [5.74, 6) is 0. The molecule has 0 bridgehead atoms. The van der Waals surface area contributed by atoms with Gasteiger partial charge in [0.15, 0.2) is 0 Å². The van der Waals surface area contributed by atoms with Crippen molar-refractivity contribution >= 4 is 0 Å². The minimum absolute atomic E-state index is 0.102. The summed E-state index contributed by atoms with van der Waals surface area (Å²) in [7, 11) is 0. The van der Waals surface area contributed by atoms with Gasteiger partial charge in [0.1, 0.15) is 0 Å². The highest BCUT2D eigenvalue weighted by atomic mass is 15.3. The average molecular weight is 183 g/mol. The van der Waals surface area contributed by atoms with E-state index in [2.05, 4.69) is 16.7 Å². The van der Waals surface area contributed by atoms with Crippen LogP contribution < -0.4 is 5.73 Å². The Kier molecular flexibility index (Phi) is 2.58. The van der Waals surface area contributed by atoms with Gasteiger partial charge in [-0.15, -0.1) is 0 Å². The molecule has 0 unspecified atom stereocenters. The van der Waals surface area contributed by atoms with Crippen LogP contribution in [0.3, 0.4) is 0 Å². The van der Waals surface area contributed by atoms with Crippen molar-refractivity contribution in [2.24, 2.45) is 5.73 Å². The molecule has 0 radical (unpaired) electrons. The third-order valence-corrected chi connectivity index (χ3v) is 3.10. The van der Waals surface area contributed by atoms with E-state index in [0.29, 0.717) is 0 Å². The molecule has 3 nitrogen and oxygen atoms in total. The number of hydrogen-bond donors (Lipinski definition) is 1. The molecule has 13 heavy (non-hydrogen) atoms. The Labute approximate surface area is 80.9 Å². The predicted octanol–water partition coefficient (Wildman–Crippen LogP) is 0.115. The van der Waals surface area contributed by atoms with Crippen molar-refractivity contribution in [1.29, 1.82) is 0 Å². The molecule has 2 aliphatic heterocycles. The monoisotopic (exact) mass is 183 g/mol. The largest absolute Gasteiger partial charge is 0.323 e. The van der Waals surface area contributed by atoms with Crippen LogP contribution in [0.4, 0.5) is 0 Å². The molecule has 2 N–H and O–H groups in total. The van der Waals surface area contributed by atoms with Gasteiger partial charge in [-0.25, -0.2) is 0 Å². The van der Waals surface area contributed by atoms with Crippen LogP contribution >= 0.6 is 0 Å². The summed E-state index contributed by atoms with van der Waals surface area (Å²) in [4.78, 5) is 5.02. The smallest absolute Gasteiger partial charge is 0.0383 e. The van der Waals surface area contributed by atoms with Gasteiger partial charge in [-0.2, -0.15) is 0 Å². The average Bonchev–Trinajstić information content (AvgIpc) is 2.48. The molecule has 2 fully saturated rings. The van der Waals surface area contributed by atoms with Crippen molar-refractivity contribution in [2.45, 2.75) is 25.3 Å². The fourth-order valence-corrected chi connectivity index (χ4v) is 2.42. The van der Waals surface area contributed by atoms with Crippen LogP contribution in [0.5, 0.6) is 0 Å². The first-order chi connectivity index (χ1) is 6.16.